The van der Waals surface area contributed by atoms with Gasteiger partial charge in [0.25, 0.3) is 5.95 Å². The summed E-state index contributed by atoms with van der Waals surface area (Å²) in [6, 6.07) is 5.98. The van der Waals surface area contributed by atoms with E-state index in [0.717, 1.165) is 0 Å². The van der Waals surface area contributed by atoms with Crippen LogP contribution in [0.25, 0.3) is 11.0 Å². The highest BCUT2D eigenvalue weighted by atomic mass is 19.1. The van der Waals surface area contributed by atoms with E-state index in [2.05, 4.69) is 0 Å². The van der Waals surface area contributed by atoms with E-state index in [9.17, 15) is 4.39 Å². The molecule has 0 bridgehead atoms. The maximum atomic E-state index is 12.7. The Labute approximate surface area is 68.6 Å². The lowest BCUT2D eigenvalue weighted by molar-refractivity contribution is 0.315. The Hall–Kier alpha value is -1.51. The molecule has 0 saturated heterocycles. The number of methoxy groups -OCH3 is 1. The highest BCUT2D eigenvalue weighted by Crippen LogP contribution is 2.24. The quantitative estimate of drug-likeness (QED) is 0.649. The van der Waals surface area contributed by atoms with Crippen molar-refractivity contribution in [1.29, 1.82) is 0 Å². The smallest absolute Gasteiger partial charge is 0.285 e. The maximum Gasteiger partial charge on any atom is 0.285 e. The second kappa shape index (κ2) is 2.52. The van der Waals surface area contributed by atoms with E-state index < -0.39 is 0 Å². The van der Waals surface area contributed by atoms with Crippen LogP contribution in [0.3, 0.4) is 0 Å². The molecule has 0 aliphatic carbocycles. The van der Waals surface area contributed by atoms with Gasteiger partial charge in [0.05, 0.1) is 7.11 Å². The van der Waals surface area contributed by atoms with Gasteiger partial charge in [0.15, 0.2) is 0 Å². The predicted molar refractivity (Wildman–Crippen MR) is 42.7 cm³/mol. The lowest BCUT2D eigenvalue weighted by Gasteiger charge is -1.87. The van der Waals surface area contributed by atoms with E-state index in [1.807, 2.05) is 0 Å². The maximum absolute atomic E-state index is 12.7. The summed E-state index contributed by atoms with van der Waals surface area (Å²) in [6.07, 6.45) is 0. The van der Waals surface area contributed by atoms with E-state index in [4.69, 9.17) is 9.15 Å². The van der Waals surface area contributed by atoms with Crippen molar-refractivity contribution < 1.29 is 13.5 Å². The Bertz CT molecular complexity index is 406. The van der Waals surface area contributed by atoms with Gasteiger partial charge in [-0.3, -0.25) is 0 Å². The summed E-state index contributed by atoms with van der Waals surface area (Å²) >= 11 is 0. The normalized spacial score (nSPS) is 10.5. The van der Waals surface area contributed by atoms with Crippen LogP contribution in [0.15, 0.2) is 28.7 Å². The molecule has 0 N–H and O–H groups in total. The zero-order valence-electron chi connectivity index (χ0n) is 6.50. The Morgan fingerprint density at radius 3 is 2.92 bits per heavy atom. The van der Waals surface area contributed by atoms with Gasteiger partial charge < -0.3 is 9.15 Å². The number of fused-ring (bicyclic) bond motifs is 1. The highest BCUT2D eigenvalue weighted by Gasteiger charge is 2.03. The number of benzene rings is 1. The summed E-state index contributed by atoms with van der Waals surface area (Å²) in [4.78, 5) is 0. The molecule has 0 aliphatic rings. The standard InChI is InChI=1S/C9H7FO2/c1-11-9-5-6-4-7(10)2-3-8(6)12-9/h2-5H,1H3. The van der Waals surface area contributed by atoms with Crippen LogP contribution in [0.2, 0.25) is 0 Å². The molecule has 0 saturated carbocycles. The molecule has 1 heterocycles. The first-order valence-electron chi connectivity index (χ1n) is 3.52. The molecule has 2 rings (SSSR count). The number of hydrogen-bond donors (Lipinski definition) is 0. The van der Waals surface area contributed by atoms with Gasteiger partial charge in [0.2, 0.25) is 0 Å². The number of furan rings is 1. The first-order chi connectivity index (χ1) is 5.79. The van der Waals surface area contributed by atoms with Gasteiger partial charge in [-0.2, -0.15) is 0 Å². The van der Waals surface area contributed by atoms with Gasteiger partial charge in [-0.1, -0.05) is 0 Å². The predicted octanol–water partition coefficient (Wildman–Crippen LogP) is 2.58. The second-order valence-electron chi connectivity index (χ2n) is 2.45. The Morgan fingerprint density at radius 1 is 1.33 bits per heavy atom. The van der Waals surface area contributed by atoms with E-state index in [0.29, 0.717) is 16.9 Å². The third-order valence-electron chi connectivity index (χ3n) is 1.66. The SMILES string of the molecule is COc1cc2cc(F)ccc2o1. The van der Waals surface area contributed by atoms with Crippen molar-refractivity contribution in [2.45, 2.75) is 0 Å². The molecule has 1 aromatic carbocycles. The molecule has 0 amide bonds. The molecule has 3 heteroatoms. The van der Waals surface area contributed by atoms with Crippen LogP contribution in [0.5, 0.6) is 5.95 Å². The van der Waals surface area contributed by atoms with Crippen molar-refractivity contribution >= 4 is 11.0 Å². The molecule has 0 radical (unpaired) electrons. The Balaban J connectivity index is 2.67. The third-order valence-corrected chi connectivity index (χ3v) is 1.66. The average Bonchev–Trinajstić information content (AvgIpc) is 2.46. The monoisotopic (exact) mass is 166 g/mol. The van der Waals surface area contributed by atoms with Gasteiger partial charge in [0.1, 0.15) is 11.4 Å². The lowest BCUT2D eigenvalue weighted by Crippen LogP contribution is -1.75. The van der Waals surface area contributed by atoms with Crippen molar-refractivity contribution in [2.24, 2.45) is 0 Å². The fourth-order valence-corrected chi connectivity index (χ4v) is 1.09. The topological polar surface area (TPSA) is 22.4 Å². The van der Waals surface area contributed by atoms with Crippen molar-refractivity contribution in [2.75, 3.05) is 7.11 Å². The Kier molecular flexibility index (Phi) is 1.50. The Morgan fingerprint density at radius 2 is 2.17 bits per heavy atom. The van der Waals surface area contributed by atoms with Gasteiger partial charge >= 0.3 is 0 Å². The summed E-state index contributed by atoms with van der Waals surface area (Å²) in [5, 5.41) is 0.715. The molecule has 1 aromatic heterocycles. The van der Waals surface area contributed by atoms with Crippen LogP contribution in [0, 0.1) is 5.82 Å². The van der Waals surface area contributed by atoms with Crippen LogP contribution in [0.1, 0.15) is 0 Å². The van der Waals surface area contributed by atoms with Crippen LogP contribution < -0.4 is 4.74 Å². The van der Waals surface area contributed by atoms with Crippen LogP contribution >= 0.6 is 0 Å². The van der Waals surface area contributed by atoms with Crippen molar-refractivity contribution in [3.05, 3.63) is 30.1 Å². The largest absolute Gasteiger partial charge is 0.468 e. The molecule has 0 atom stereocenters. The average molecular weight is 166 g/mol. The molecule has 0 aliphatic heterocycles. The van der Waals surface area contributed by atoms with E-state index in [-0.39, 0.29) is 5.82 Å². The van der Waals surface area contributed by atoms with Crippen molar-refractivity contribution in [3.63, 3.8) is 0 Å². The molecular formula is C9H7FO2. The van der Waals surface area contributed by atoms with Crippen LogP contribution in [0.4, 0.5) is 4.39 Å². The number of rotatable bonds is 1. The zero-order valence-corrected chi connectivity index (χ0v) is 6.50. The fourth-order valence-electron chi connectivity index (χ4n) is 1.09. The van der Waals surface area contributed by atoms with E-state index in [1.165, 1.54) is 19.2 Å². The van der Waals surface area contributed by atoms with Gasteiger partial charge in [-0.05, 0) is 18.2 Å². The van der Waals surface area contributed by atoms with Gasteiger partial charge in [-0.15, -0.1) is 0 Å². The lowest BCUT2D eigenvalue weighted by atomic mass is 10.2. The van der Waals surface area contributed by atoms with Crippen LogP contribution in [-0.4, -0.2) is 7.11 Å². The minimum Gasteiger partial charge on any atom is -0.468 e. The second-order valence-corrected chi connectivity index (χ2v) is 2.45. The summed E-state index contributed by atoms with van der Waals surface area (Å²) < 4.78 is 22.7. The third kappa shape index (κ3) is 1.03. The van der Waals surface area contributed by atoms with Crippen molar-refractivity contribution in [3.8, 4) is 5.95 Å². The first kappa shape index (κ1) is 7.16. The molecular weight excluding hydrogens is 159 g/mol. The number of hydrogen-bond acceptors (Lipinski definition) is 2. The van der Waals surface area contributed by atoms with E-state index in [1.54, 1.807) is 12.1 Å². The highest BCUT2D eigenvalue weighted by molar-refractivity contribution is 5.78. The number of halogens is 1. The summed E-state index contributed by atoms with van der Waals surface area (Å²) in [7, 11) is 1.51. The summed E-state index contributed by atoms with van der Waals surface area (Å²) in [5.74, 6) is 0.126. The van der Waals surface area contributed by atoms with E-state index >= 15 is 0 Å². The molecule has 0 spiro atoms. The molecule has 2 nitrogen and oxygen atoms in total. The molecule has 0 fully saturated rings. The summed E-state index contributed by atoms with van der Waals surface area (Å²) in [6.45, 7) is 0. The molecule has 12 heavy (non-hydrogen) atoms. The molecule has 62 valence electrons. The van der Waals surface area contributed by atoms with Gasteiger partial charge in [-0.25, -0.2) is 4.39 Å². The first-order valence-corrected chi connectivity index (χ1v) is 3.52. The summed E-state index contributed by atoms with van der Waals surface area (Å²) in [5.41, 5.74) is 0.633. The minimum absolute atomic E-state index is 0.272. The minimum atomic E-state index is -0.272. The fraction of sp³-hybridized carbons (Fsp3) is 0.111. The van der Waals surface area contributed by atoms with Crippen molar-refractivity contribution in [1.82, 2.24) is 0 Å². The molecule has 0 unspecified atom stereocenters. The zero-order chi connectivity index (χ0) is 8.55. The number of ether oxygens (including phenoxy) is 1. The van der Waals surface area contributed by atoms with Crippen LogP contribution in [-0.2, 0) is 0 Å². The van der Waals surface area contributed by atoms with Gasteiger partial charge in [0, 0.05) is 11.5 Å². The molecule has 2 aromatic rings.